The van der Waals surface area contributed by atoms with Gasteiger partial charge in [-0.15, -0.1) is 0 Å². The molecule has 1 aromatic rings. The molecule has 2 rings (SSSR count). The van der Waals surface area contributed by atoms with Gasteiger partial charge in [0.2, 0.25) is 0 Å². The molecule has 0 bridgehead atoms. The maximum Gasteiger partial charge on any atom is 0.0506 e. The van der Waals surface area contributed by atoms with E-state index in [1.165, 1.54) is 23.3 Å². The molecular weight excluding hydrogens is 222 g/mol. The number of nitrogens with two attached hydrogens (primary N) is 1. The number of H-pyrrole nitrogens is 1. The van der Waals surface area contributed by atoms with Crippen LogP contribution in [0.4, 0.5) is 0 Å². The Bertz CT molecular complexity index is 442. The van der Waals surface area contributed by atoms with Gasteiger partial charge in [-0.1, -0.05) is 32.1 Å². The van der Waals surface area contributed by atoms with Crippen LogP contribution in [0.15, 0.2) is 30.5 Å². The molecule has 3 heteroatoms. The van der Waals surface area contributed by atoms with E-state index in [0.717, 1.165) is 6.42 Å². The van der Waals surface area contributed by atoms with E-state index in [1.54, 1.807) is 0 Å². The SMILES string of the molecule is CCC1C=CCC=C(c2cc[nH]c2CNN)[C@@H]1C. The second-order valence-electron chi connectivity index (χ2n) is 4.93. The second kappa shape index (κ2) is 6.03. The highest BCUT2D eigenvalue weighted by Gasteiger charge is 2.21. The monoisotopic (exact) mass is 245 g/mol. The molecule has 3 nitrogen and oxygen atoms in total. The van der Waals surface area contributed by atoms with Gasteiger partial charge in [0, 0.05) is 11.9 Å². The van der Waals surface area contributed by atoms with E-state index in [-0.39, 0.29) is 0 Å². The van der Waals surface area contributed by atoms with Crippen molar-refractivity contribution in [2.75, 3.05) is 0 Å². The normalized spacial score (nSPS) is 23.8. The van der Waals surface area contributed by atoms with Crippen molar-refractivity contribution < 1.29 is 0 Å². The average molecular weight is 245 g/mol. The van der Waals surface area contributed by atoms with Crippen LogP contribution >= 0.6 is 0 Å². The Morgan fingerprint density at radius 1 is 1.50 bits per heavy atom. The fourth-order valence-corrected chi connectivity index (χ4v) is 2.80. The Hall–Kier alpha value is -1.32. The van der Waals surface area contributed by atoms with Gasteiger partial charge in [-0.2, -0.15) is 0 Å². The molecule has 0 saturated carbocycles. The van der Waals surface area contributed by atoms with Crippen molar-refractivity contribution in [3.8, 4) is 0 Å². The Kier molecular flexibility index (Phi) is 4.39. The van der Waals surface area contributed by atoms with E-state index >= 15 is 0 Å². The minimum absolute atomic E-state index is 0.557. The highest BCUT2D eigenvalue weighted by Crippen LogP contribution is 2.35. The Labute approximate surface area is 109 Å². The van der Waals surface area contributed by atoms with Gasteiger partial charge >= 0.3 is 0 Å². The quantitative estimate of drug-likeness (QED) is 0.434. The number of hydrogen-bond donors (Lipinski definition) is 3. The van der Waals surface area contributed by atoms with Crippen LogP contribution in [0.2, 0.25) is 0 Å². The summed E-state index contributed by atoms with van der Waals surface area (Å²) in [6.45, 7) is 5.26. The first-order chi connectivity index (χ1) is 8.77. The lowest BCUT2D eigenvalue weighted by Gasteiger charge is -2.22. The fraction of sp³-hybridized carbons (Fsp3) is 0.467. The molecule has 18 heavy (non-hydrogen) atoms. The Morgan fingerprint density at radius 3 is 3.06 bits per heavy atom. The van der Waals surface area contributed by atoms with Gasteiger partial charge < -0.3 is 4.98 Å². The molecule has 0 aliphatic heterocycles. The summed E-state index contributed by atoms with van der Waals surface area (Å²) < 4.78 is 0. The van der Waals surface area contributed by atoms with Crippen LogP contribution in [-0.4, -0.2) is 4.98 Å². The van der Waals surface area contributed by atoms with Crippen LogP contribution in [0, 0.1) is 11.8 Å². The highest BCUT2D eigenvalue weighted by molar-refractivity contribution is 5.70. The molecule has 1 aliphatic carbocycles. The first-order valence-electron chi connectivity index (χ1n) is 6.74. The summed E-state index contributed by atoms with van der Waals surface area (Å²) in [4.78, 5) is 3.27. The lowest BCUT2D eigenvalue weighted by atomic mass is 9.83. The molecule has 0 fully saturated rings. The van der Waals surface area contributed by atoms with Gasteiger partial charge in [-0.3, -0.25) is 11.3 Å². The van der Waals surface area contributed by atoms with Gasteiger partial charge in [-0.05, 0) is 41.9 Å². The summed E-state index contributed by atoms with van der Waals surface area (Å²) >= 11 is 0. The molecule has 0 spiro atoms. The number of nitrogens with one attached hydrogen (secondary N) is 2. The maximum absolute atomic E-state index is 5.44. The predicted molar refractivity (Wildman–Crippen MR) is 76.5 cm³/mol. The van der Waals surface area contributed by atoms with E-state index in [0.29, 0.717) is 18.4 Å². The van der Waals surface area contributed by atoms with Gasteiger partial charge in [-0.25, -0.2) is 0 Å². The van der Waals surface area contributed by atoms with Crippen molar-refractivity contribution in [3.05, 3.63) is 41.7 Å². The molecule has 0 amide bonds. The standard InChI is InChI=1S/C15H23N3/c1-3-12-6-4-5-7-13(11(12)2)14-8-9-17-15(14)10-18-16/h4,6-9,11-12,17-18H,3,5,10,16H2,1-2H3/t11-,12?/m1/s1. The van der Waals surface area contributed by atoms with Crippen molar-refractivity contribution in [2.24, 2.45) is 17.7 Å². The molecule has 0 radical (unpaired) electrons. The van der Waals surface area contributed by atoms with Crippen LogP contribution in [0.5, 0.6) is 0 Å². The molecule has 1 aromatic heterocycles. The summed E-state index contributed by atoms with van der Waals surface area (Å²) in [6, 6.07) is 2.16. The first kappa shape index (κ1) is 13.1. The zero-order valence-corrected chi connectivity index (χ0v) is 11.2. The van der Waals surface area contributed by atoms with Crippen molar-refractivity contribution in [1.29, 1.82) is 0 Å². The third-order valence-corrected chi connectivity index (χ3v) is 3.88. The fourth-order valence-electron chi connectivity index (χ4n) is 2.80. The van der Waals surface area contributed by atoms with Crippen molar-refractivity contribution in [1.82, 2.24) is 10.4 Å². The topological polar surface area (TPSA) is 53.8 Å². The number of aromatic nitrogens is 1. The molecular formula is C15H23N3. The van der Waals surface area contributed by atoms with Gasteiger partial charge in [0.15, 0.2) is 0 Å². The molecule has 1 unspecified atom stereocenters. The van der Waals surface area contributed by atoms with Crippen LogP contribution in [0.3, 0.4) is 0 Å². The van der Waals surface area contributed by atoms with E-state index < -0.39 is 0 Å². The van der Waals surface area contributed by atoms with Crippen LogP contribution in [-0.2, 0) is 6.54 Å². The molecule has 2 atom stereocenters. The van der Waals surface area contributed by atoms with Crippen LogP contribution < -0.4 is 11.3 Å². The molecule has 4 N–H and O–H groups in total. The Morgan fingerprint density at radius 2 is 2.33 bits per heavy atom. The predicted octanol–water partition coefficient (Wildman–Crippen LogP) is 2.98. The average Bonchev–Trinajstić information content (AvgIpc) is 2.74. The zero-order chi connectivity index (χ0) is 13.0. The summed E-state index contributed by atoms with van der Waals surface area (Å²) in [6.07, 6.45) is 11.2. The third-order valence-electron chi connectivity index (χ3n) is 3.88. The summed E-state index contributed by atoms with van der Waals surface area (Å²) in [5.74, 6) is 6.62. The Balaban J connectivity index is 2.31. The minimum Gasteiger partial charge on any atom is -0.363 e. The van der Waals surface area contributed by atoms with Crippen LogP contribution in [0.25, 0.3) is 5.57 Å². The molecule has 98 valence electrons. The summed E-state index contributed by atoms with van der Waals surface area (Å²) in [5.41, 5.74) is 6.66. The van der Waals surface area contributed by atoms with Gasteiger partial charge in [0.1, 0.15) is 0 Å². The number of hydrogen-bond acceptors (Lipinski definition) is 2. The third kappa shape index (κ3) is 2.57. The van der Waals surface area contributed by atoms with Crippen molar-refractivity contribution in [2.45, 2.75) is 33.2 Å². The zero-order valence-electron chi connectivity index (χ0n) is 11.2. The highest BCUT2D eigenvalue weighted by atomic mass is 15.2. The summed E-state index contributed by atoms with van der Waals surface area (Å²) in [7, 11) is 0. The largest absolute Gasteiger partial charge is 0.363 e. The van der Waals surface area contributed by atoms with Crippen LogP contribution in [0.1, 0.15) is 37.9 Å². The first-order valence-corrected chi connectivity index (χ1v) is 6.74. The van der Waals surface area contributed by atoms with E-state index in [4.69, 9.17) is 5.84 Å². The van der Waals surface area contributed by atoms with E-state index in [2.05, 4.69) is 48.6 Å². The number of rotatable bonds is 4. The van der Waals surface area contributed by atoms with E-state index in [1.807, 2.05) is 6.20 Å². The molecule has 0 aromatic carbocycles. The van der Waals surface area contributed by atoms with Gasteiger partial charge in [0.25, 0.3) is 0 Å². The van der Waals surface area contributed by atoms with E-state index in [9.17, 15) is 0 Å². The van der Waals surface area contributed by atoms with Crippen molar-refractivity contribution >= 4 is 5.57 Å². The van der Waals surface area contributed by atoms with Crippen molar-refractivity contribution in [3.63, 3.8) is 0 Å². The number of allylic oxidation sites excluding steroid dienone is 4. The summed E-state index contributed by atoms with van der Waals surface area (Å²) in [5, 5.41) is 0. The lowest BCUT2D eigenvalue weighted by molar-refractivity contribution is 0.510. The number of aromatic amines is 1. The molecule has 0 saturated heterocycles. The number of hydrazine groups is 1. The lowest BCUT2D eigenvalue weighted by Crippen LogP contribution is -2.22. The minimum atomic E-state index is 0.557. The second-order valence-corrected chi connectivity index (χ2v) is 4.93. The maximum atomic E-state index is 5.44. The smallest absolute Gasteiger partial charge is 0.0506 e. The van der Waals surface area contributed by atoms with Gasteiger partial charge in [0.05, 0.1) is 6.54 Å². The molecule has 1 aliphatic rings. The molecule has 1 heterocycles.